The van der Waals surface area contributed by atoms with Crippen molar-refractivity contribution in [2.24, 2.45) is 0 Å². The Labute approximate surface area is 65.9 Å². The highest BCUT2D eigenvalue weighted by molar-refractivity contribution is 5.20. The molecule has 3 nitrogen and oxygen atoms in total. The van der Waals surface area contributed by atoms with Gasteiger partial charge >= 0.3 is 0 Å². The van der Waals surface area contributed by atoms with Crippen molar-refractivity contribution in [3.05, 3.63) is 46.2 Å². The summed E-state index contributed by atoms with van der Waals surface area (Å²) in [5.74, 6) is 0. The van der Waals surface area contributed by atoms with Crippen LogP contribution in [0.25, 0.3) is 0 Å². The van der Waals surface area contributed by atoms with Crippen LogP contribution >= 0.6 is 0 Å². The van der Waals surface area contributed by atoms with E-state index in [1.54, 1.807) is 12.2 Å². The predicted molar refractivity (Wildman–Crippen MR) is 44.7 cm³/mol. The highest BCUT2D eigenvalue weighted by Crippen LogP contribution is 1.98. The molecule has 3 heteroatoms. The Hall–Kier alpha value is -1.38. The second kappa shape index (κ2) is 4.44. The highest BCUT2D eigenvalue weighted by atomic mass is 16.6. The van der Waals surface area contributed by atoms with E-state index in [9.17, 15) is 10.1 Å². The summed E-state index contributed by atoms with van der Waals surface area (Å²) in [7, 11) is 0. The number of hydrogen-bond donors (Lipinski definition) is 0. The molecule has 0 bridgehead atoms. The lowest BCUT2D eigenvalue weighted by Crippen LogP contribution is -1.92. The van der Waals surface area contributed by atoms with Crippen LogP contribution in [0, 0.1) is 10.1 Å². The van der Waals surface area contributed by atoms with Crippen LogP contribution in [0.5, 0.6) is 0 Å². The summed E-state index contributed by atoms with van der Waals surface area (Å²) in [4.78, 5) is 9.66. The molecule has 0 atom stereocenters. The predicted octanol–water partition coefficient (Wildman–Crippen LogP) is 2.30. The molecular formula is C8H11NO2. The van der Waals surface area contributed by atoms with Gasteiger partial charge in [-0.15, -0.1) is 0 Å². The third-order valence-corrected chi connectivity index (χ3v) is 1.20. The van der Waals surface area contributed by atoms with E-state index in [1.807, 2.05) is 6.92 Å². The number of nitrogens with zero attached hydrogens (tertiary/aromatic N) is 1. The molecule has 0 amide bonds. The molecule has 0 N–H and O–H groups in total. The minimum atomic E-state index is -0.424. The molecule has 0 saturated heterocycles. The van der Waals surface area contributed by atoms with Gasteiger partial charge in [-0.2, -0.15) is 0 Å². The summed E-state index contributed by atoms with van der Waals surface area (Å²) in [6, 6.07) is 0. The molecule has 0 saturated carbocycles. The lowest BCUT2D eigenvalue weighted by Gasteiger charge is -1.87. The average Bonchev–Trinajstić information content (AvgIpc) is 1.99. The van der Waals surface area contributed by atoms with Crippen LogP contribution in [0.2, 0.25) is 0 Å². The van der Waals surface area contributed by atoms with E-state index < -0.39 is 4.92 Å². The van der Waals surface area contributed by atoms with Crippen LogP contribution in [0.15, 0.2) is 36.1 Å². The topological polar surface area (TPSA) is 43.1 Å². The van der Waals surface area contributed by atoms with Gasteiger partial charge in [-0.3, -0.25) is 10.1 Å². The maximum absolute atomic E-state index is 10.1. The average molecular weight is 153 g/mol. The molecule has 0 spiro atoms. The first-order valence-electron chi connectivity index (χ1n) is 3.20. The third kappa shape index (κ3) is 4.08. The fourth-order valence-electron chi connectivity index (χ4n) is 0.381. The standard InChI is InChI=1S/C8H11NO2/c1-4-7(2)5-6-8(3)9(10)11/h4-6H,1H2,2-3H3/b7-5-,8-6+. The molecule has 60 valence electrons. The second-order valence-electron chi connectivity index (χ2n) is 2.18. The molecular weight excluding hydrogens is 142 g/mol. The minimum absolute atomic E-state index is 0.131. The lowest BCUT2D eigenvalue weighted by molar-refractivity contribution is -0.424. The van der Waals surface area contributed by atoms with Crippen LogP contribution in [0.1, 0.15) is 13.8 Å². The molecule has 0 heterocycles. The molecule has 0 unspecified atom stereocenters. The Morgan fingerprint density at radius 1 is 1.45 bits per heavy atom. The summed E-state index contributed by atoms with van der Waals surface area (Å²) in [6.07, 6.45) is 4.76. The Balaban J connectivity index is 4.34. The zero-order valence-electron chi connectivity index (χ0n) is 6.70. The van der Waals surface area contributed by atoms with Crippen molar-refractivity contribution < 1.29 is 4.92 Å². The molecule has 0 aromatic carbocycles. The van der Waals surface area contributed by atoms with Crippen molar-refractivity contribution in [3.63, 3.8) is 0 Å². The van der Waals surface area contributed by atoms with E-state index in [1.165, 1.54) is 13.0 Å². The minimum Gasteiger partial charge on any atom is -0.259 e. The normalized spacial score (nSPS) is 12.9. The van der Waals surface area contributed by atoms with Gasteiger partial charge in [-0.1, -0.05) is 24.3 Å². The van der Waals surface area contributed by atoms with Crippen LogP contribution in [0.3, 0.4) is 0 Å². The van der Waals surface area contributed by atoms with Crippen LogP contribution in [0.4, 0.5) is 0 Å². The van der Waals surface area contributed by atoms with Gasteiger partial charge in [0.2, 0.25) is 5.70 Å². The van der Waals surface area contributed by atoms with Crippen LogP contribution in [-0.4, -0.2) is 4.92 Å². The fourth-order valence-corrected chi connectivity index (χ4v) is 0.381. The Morgan fingerprint density at radius 3 is 2.36 bits per heavy atom. The Bertz CT molecular complexity index is 226. The molecule has 0 rings (SSSR count). The number of nitro groups is 1. The van der Waals surface area contributed by atoms with Crippen molar-refractivity contribution in [2.75, 3.05) is 0 Å². The van der Waals surface area contributed by atoms with Crippen molar-refractivity contribution in [1.82, 2.24) is 0 Å². The molecule has 0 aliphatic heterocycles. The van der Waals surface area contributed by atoms with E-state index in [0.717, 1.165) is 5.57 Å². The summed E-state index contributed by atoms with van der Waals surface area (Å²) in [5, 5.41) is 10.1. The number of allylic oxidation sites excluding steroid dienone is 5. The highest BCUT2D eigenvalue weighted by Gasteiger charge is 1.97. The molecule has 11 heavy (non-hydrogen) atoms. The Morgan fingerprint density at radius 2 is 2.00 bits per heavy atom. The van der Waals surface area contributed by atoms with E-state index in [2.05, 4.69) is 6.58 Å². The second-order valence-corrected chi connectivity index (χ2v) is 2.18. The molecule has 0 aromatic rings. The van der Waals surface area contributed by atoms with Crippen LogP contribution in [-0.2, 0) is 0 Å². The van der Waals surface area contributed by atoms with Gasteiger partial charge in [0.05, 0.1) is 4.92 Å². The third-order valence-electron chi connectivity index (χ3n) is 1.20. The molecule has 0 fully saturated rings. The van der Waals surface area contributed by atoms with Gasteiger partial charge in [-0.25, -0.2) is 0 Å². The van der Waals surface area contributed by atoms with E-state index in [-0.39, 0.29) is 5.70 Å². The fraction of sp³-hybridized carbons (Fsp3) is 0.250. The van der Waals surface area contributed by atoms with Gasteiger partial charge < -0.3 is 0 Å². The van der Waals surface area contributed by atoms with E-state index in [4.69, 9.17) is 0 Å². The van der Waals surface area contributed by atoms with Crippen LogP contribution < -0.4 is 0 Å². The first-order valence-corrected chi connectivity index (χ1v) is 3.20. The molecule has 0 aliphatic carbocycles. The molecule has 0 aromatic heterocycles. The Kier molecular flexibility index (Phi) is 3.88. The maximum atomic E-state index is 10.1. The number of hydrogen-bond acceptors (Lipinski definition) is 2. The van der Waals surface area contributed by atoms with Crippen molar-refractivity contribution >= 4 is 0 Å². The smallest absolute Gasteiger partial charge is 0.243 e. The van der Waals surface area contributed by atoms with Crippen molar-refractivity contribution in [1.29, 1.82) is 0 Å². The van der Waals surface area contributed by atoms with Gasteiger partial charge in [0.15, 0.2) is 0 Å². The SMILES string of the molecule is C=C/C(C)=C\C=C(/C)[N+](=O)[O-]. The summed E-state index contributed by atoms with van der Waals surface area (Å²) >= 11 is 0. The van der Waals surface area contributed by atoms with E-state index >= 15 is 0 Å². The van der Waals surface area contributed by atoms with Gasteiger partial charge in [0.25, 0.3) is 0 Å². The van der Waals surface area contributed by atoms with Gasteiger partial charge in [-0.05, 0) is 6.92 Å². The summed E-state index contributed by atoms with van der Waals surface area (Å²) < 4.78 is 0. The monoisotopic (exact) mass is 153 g/mol. The van der Waals surface area contributed by atoms with Crippen molar-refractivity contribution in [3.8, 4) is 0 Å². The zero-order valence-corrected chi connectivity index (χ0v) is 6.70. The van der Waals surface area contributed by atoms with Gasteiger partial charge in [0, 0.05) is 13.0 Å². The first-order chi connectivity index (χ1) is 5.07. The first kappa shape index (κ1) is 9.62. The summed E-state index contributed by atoms with van der Waals surface area (Å²) in [5.41, 5.74) is 1.04. The molecule has 0 radical (unpaired) electrons. The summed E-state index contributed by atoms with van der Waals surface area (Å²) in [6.45, 7) is 6.80. The number of rotatable bonds is 3. The lowest BCUT2D eigenvalue weighted by atomic mass is 10.2. The largest absolute Gasteiger partial charge is 0.259 e. The zero-order chi connectivity index (χ0) is 8.85. The van der Waals surface area contributed by atoms with Gasteiger partial charge in [0.1, 0.15) is 0 Å². The molecule has 0 aliphatic rings. The maximum Gasteiger partial charge on any atom is 0.243 e. The van der Waals surface area contributed by atoms with Crippen molar-refractivity contribution in [2.45, 2.75) is 13.8 Å². The quantitative estimate of drug-likeness (QED) is 0.354. The van der Waals surface area contributed by atoms with E-state index in [0.29, 0.717) is 0 Å².